The Morgan fingerprint density at radius 2 is 1.77 bits per heavy atom. The number of H-pyrrole nitrogens is 2. The molecular weight excluding hydrogens is 336 g/mol. The highest BCUT2D eigenvalue weighted by atomic mass is 19.2. The number of imidazole rings is 1. The Hall–Kier alpha value is -2.57. The van der Waals surface area contributed by atoms with Crippen LogP contribution in [0.5, 0.6) is 0 Å². The second-order valence-electron chi connectivity index (χ2n) is 7.30. The summed E-state index contributed by atoms with van der Waals surface area (Å²) in [5.41, 5.74) is 1.84. The van der Waals surface area contributed by atoms with E-state index < -0.39 is 11.6 Å². The summed E-state index contributed by atoms with van der Waals surface area (Å²) in [7, 11) is 0. The number of rotatable bonds is 7. The van der Waals surface area contributed by atoms with Crippen molar-refractivity contribution in [3.05, 3.63) is 53.4 Å². The van der Waals surface area contributed by atoms with Crippen LogP contribution in [0.15, 0.2) is 24.4 Å². The van der Waals surface area contributed by atoms with Gasteiger partial charge in [-0.25, -0.2) is 13.8 Å². The van der Waals surface area contributed by atoms with Crippen LogP contribution in [0.1, 0.15) is 44.5 Å². The number of nitrogens with zero attached hydrogens (tertiary/aromatic N) is 3. The molecule has 3 aromatic rings. The Balaban J connectivity index is 1.62. The summed E-state index contributed by atoms with van der Waals surface area (Å²) in [6.45, 7) is 6.66. The van der Waals surface area contributed by atoms with Crippen LogP contribution < -0.4 is 0 Å². The van der Waals surface area contributed by atoms with Crippen LogP contribution in [0, 0.1) is 17.0 Å². The van der Waals surface area contributed by atoms with Crippen molar-refractivity contribution in [2.24, 2.45) is 5.41 Å². The van der Waals surface area contributed by atoms with E-state index in [1.807, 2.05) is 6.20 Å². The van der Waals surface area contributed by atoms with Gasteiger partial charge >= 0.3 is 0 Å². The summed E-state index contributed by atoms with van der Waals surface area (Å²) in [4.78, 5) is 10.8. The van der Waals surface area contributed by atoms with Crippen LogP contribution >= 0.6 is 0 Å². The molecule has 3 rings (SSSR count). The fraction of sp³-hybridized carbons (Fsp3) is 0.421. The molecule has 0 aliphatic rings. The van der Waals surface area contributed by atoms with Crippen molar-refractivity contribution in [1.29, 1.82) is 0 Å². The molecule has 26 heavy (non-hydrogen) atoms. The van der Waals surface area contributed by atoms with E-state index in [2.05, 4.69) is 45.9 Å². The first-order valence-corrected chi connectivity index (χ1v) is 8.76. The average Bonchev–Trinajstić information content (AvgIpc) is 3.24. The molecule has 0 saturated heterocycles. The maximum Gasteiger partial charge on any atom is 0.161 e. The SMILES string of the molecule is CCC(C)(C)Cc1cnc(CCc2nnc(-c3ccc(F)c(F)c3)[nH]2)[nH]1. The van der Waals surface area contributed by atoms with E-state index in [9.17, 15) is 8.78 Å². The number of aromatic amines is 2. The lowest BCUT2D eigenvalue weighted by Crippen LogP contribution is -2.13. The van der Waals surface area contributed by atoms with Gasteiger partial charge < -0.3 is 9.97 Å². The van der Waals surface area contributed by atoms with Crippen LogP contribution in [-0.4, -0.2) is 25.1 Å². The summed E-state index contributed by atoms with van der Waals surface area (Å²) >= 11 is 0. The Bertz CT molecular complexity index is 882. The molecule has 0 atom stereocenters. The van der Waals surface area contributed by atoms with Gasteiger partial charge in [-0.1, -0.05) is 27.2 Å². The van der Waals surface area contributed by atoms with Gasteiger partial charge in [0.25, 0.3) is 0 Å². The quantitative estimate of drug-likeness (QED) is 0.663. The molecular formula is C19H23F2N5. The lowest BCUT2D eigenvalue weighted by molar-refractivity contribution is 0.346. The molecule has 0 fully saturated rings. The number of benzene rings is 1. The number of hydrogen-bond acceptors (Lipinski definition) is 3. The van der Waals surface area contributed by atoms with Crippen LogP contribution in [0.3, 0.4) is 0 Å². The van der Waals surface area contributed by atoms with Gasteiger partial charge in [0.05, 0.1) is 0 Å². The van der Waals surface area contributed by atoms with Crippen molar-refractivity contribution in [1.82, 2.24) is 25.1 Å². The van der Waals surface area contributed by atoms with Gasteiger partial charge in [0.15, 0.2) is 17.5 Å². The first-order chi connectivity index (χ1) is 12.4. The molecule has 0 unspecified atom stereocenters. The zero-order valence-electron chi connectivity index (χ0n) is 15.2. The standard InChI is InChI=1S/C19H23F2N5/c1-4-19(2,3)10-13-11-22-16(23-13)7-8-17-24-18(26-25-17)12-5-6-14(20)15(21)9-12/h5-6,9,11H,4,7-8,10H2,1-3H3,(H,22,23)(H,24,25,26). The molecule has 138 valence electrons. The van der Waals surface area contributed by atoms with Gasteiger partial charge in [-0.2, -0.15) is 0 Å². The molecule has 0 amide bonds. The predicted octanol–water partition coefficient (Wildman–Crippen LogP) is 4.24. The fourth-order valence-electron chi connectivity index (χ4n) is 2.68. The van der Waals surface area contributed by atoms with Gasteiger partial charge in [-0.05, 0) is 30.0 Å². The number of nitrogens with one attached hydrogen (secondary N) is 2. The highest BCUT2D eigenvalue weighted by Crippen LogP contribution is 2.24. The minimum Gasteiger partial charge on any atom is -0.346 e. The molecule has 0 spiro atoms. The molecule has 0 bridgehead atoms. The Morgan fingerprint density at radius 1 is 1.00 bits per heavy atom. The molecule has 5 nitrogen and oxygen atoms in total. The van der Waals surface area contributed by atoms with Crippen LogP contribution in [-0.2, 0) is 19.3 Å². The molecule has 0 aliphatic carbocycles. The van der Waals surface area contributed by atoms with E-state index in [1.54, 1.807) is 0 Å². The van der Waals surface area contributed by atoms with Crippen molar-refractivity contribution in [2.75, 3.05) is 0 Å². The number of hydrogen-bond donors (Lipinski definition) is 2. The summed E-state index contributed by atoms with van der Waals surface area (Å²) in [5.74, 6) is 0.213. The van der Waals surface area contributed by atoms with E-state index in [4.69, 9.17) is 0 Å². The van der Waals surface area contributed by atoms with E-state index in [0.29, 0.717) is 30.1 Å². The van der Waals surface area contributed by atoms with Crippen molar-refractivity contribution >= 4 is 0 Å². The Morgan fingerprint density at radius 3 is 2.50 bits per heavy atom. The molecule has 0 aliphatic heterocycles. The number of halogens is 2. The molecule has 1 aromatic carbocycles. The molecule has 7 heteroatoms. The van der Waals surface area contributed by atoms with Gasteiger partial charge in [0.1, 0.15) is 11.6 Å². The van der Waals surface area contributed by atoms with E-state index in [1.165, 1.54) is 6.07 Å². The highest BCUT2D eigenvalue weighted by molar-refractivity contribution is 5.54. The minimum absolute atomic E-state index is 0.244. The number of aromatic nitrogens is 5. The maximum absolute atomic E-state index is 13.3. The van der Waals surface area contributed by atoms with E-state index in [0.717, 1.165) is 36.5 Å². The summed E-state index contributed by atoms with van der Waals surface area (Å²) in [5, 5.41) is 8.08. The minimum atomic E-state index is -0.904. The second-order valence-corrected chi connectivity index (χ2v) is 7.30. The second kappa shape index (κ2) is 7.35. The highest BCUT2D eigenvalue weighted by Gasteiger charge is 2.17. The first-order valence-electron chi connectivity index (χ1n) is 8.76. The number of aryl methyl sites for hydroxylation is 2. The summed E-state index contributed by atoms with van der Waals surface area (Å²) < 4.78 is 26.4. The van der Waals surface area contributed by atoms with Gasteiger partial charge in [-0.3, -0.25) is 0 Å². The smallest absolute Gasteiger partial charge is 0.161 e. The zero-order valence-corrected chi connectivity index (χ0v) is 15.2. The fourth-order valence-corrected chi connectivity index (χ4v) is 2.68. The lowest BCUT2D eigenvalue weighted by Gasteiger charge is -2.21. The normalized spacial score (nSPS) is 11.9. The average molecular weight is 359 g/mol. The largest absolute Gasteiger partial charge is 0.346 e. The maximum atomic E-state index is 13.3. The third kappa shape index (κ3) is 4.33. The van der Waals surface area contributed by atoms with Crippen molar-refractivity contribution in [3.8, 4) is 11.4 Å². The molecule has 0 saturated carbocycles. The van der Waals surface area contributed by atoms with Crippen LogP contribution in [0.25, 0.3) is 11.4 Å². The van der Waals surface area contributed by atoms with Crippen molar-refractivity contribution in [2.45, 2.75) is 46.5 Å². The topological polar surface area (TPSA) is 70.2 Å². The molecule has 2 aromatic heterocycles. The molecule has 2 N–H and O–H groups in total. The molecule has 2 heterocycles. The van der Waals surface area contributed by atoms with Crippen molar-refractivity contribution < 1.29 is 8.78 Å². The summed E-state index contributed by atoms with van der Waals surface area (Å²) in [6.07, 6.45) is 5.27. The van der Waals surface area contributed by atoms with Crippen LogP contribution in [0.2, 0.25) is 0 Å². The third-order valence-electron chi connectivity index (χ3n) is 4.63. The van der Waals surface area contributed by atoms with Crippen molar-refractivity contribution in [3.63, 3.8) is 0 Å². The molecule has 0 radical (unpaired) electrons. The van der Waals surface area contributed by atoms with Crippen LogP contribution in [0.4, 0.5) is 8.78 Å². The Kier molecular flexibility index (Phi) is 5.15. The zero-order chi connectivity index (χ0) is 18.7. The summed E-state index contributed by atoms with van der Waals surface area (Å²) in [6, 6.07) is 3.65. The Labute approximate surface area is 151 Å². The third-order valence-corrected chi connectivity index (χ3v) is 4.63. The monoisotopic (exact) mass is 359 g/mol. The van der Waals surface area contributed by atoms with Gasteiger partial charge in [-0.15, -0.1) is 10.2 Å². The first kappa shape index (κ1) is 18.2. The van der Waals surface area contributed by atoms with E-state index >= 15 is 0 Å². The predicted molar refractivity (Wildman–Crippen MR) is 95.5 cm³/mol. The van der Waals surface area contributed by atoms with Gasteiger partial charge in [0, 0.05) is 30.3 Å². The lowest BCUT2D eigenvalue weighted by atomic mass is 9.85. The van der Waals surface area contributed by atoms with E-state index in [-0.39, 0.29) is 5.41 Å². The van der Waals surface area contributed by atoms with Gasteiger partial charge in [0.2, 0.25) is 0 Å².